The summed E-state index contributed by atoms with van der Waals surface area (Å²) in [6, 6.07) is 11.4. The number of piperidine rings is 1. The Labute approximate surface area is 151 Å². The van der Waals surface area contributed by atoms with E-state index in [-0.39, 0.29) is 11.9 Å². The number of rotatable bonds is 4. The molecule has 1 unspecified atom stereocenters. The zero-order valence-electron chi connectivity index (χ0n) is 15.4. The summed E-state index contributed by atoms with van der Waals surface area (Å²) >= 11 is 0. The van der Waals surface area contributed by atoms with Crippen molar-refractivity contribution < 1.29 is 19.3 Å². The van der Waals surface area contributed by atoms with Crippen LogP contribution in [0, 0.1) is 5.92 Å². The second-order valence-electron chi connectivity index (χ2n) is 8.28. The number of benzene rings is 1. The van der Waals surface area contributed by atoms with Gasteiger partial charge in [0.05, 0.1) is 39.1 Å². The Morgan fingerprint density at radius 1 is 1.20 bits per heavy atom. The third-order valence-electron chi connectivity index (χ3n) is 6.99. The summed E-state index contributed by atoms with van der Waals surface area (Å²) < 4.78 is 5.41. The third-order valence-corrected chi connectivity index (χ3v) is 6.99. The van der Waals surface area contributed by atoms with E-state index in [0.717, 1.165) is 13.0 Å². The second kappa shape index (κ2) is 7.08. The molecule has 136 valence electrons. The Hall–Kier alpha value is -1.39. The fourth-order valence-corrected chi connectivity index (χ4v) is 5.83. The molecule has 4 heteroatoms. The maximum absolute atomic E-state index is 12.5. The number of carbonyl (C=O) groups excluding carboxylic acids is 1. The fourth-order valence-electron chi connectivity index (χ4n) is 5.83. The number of quaternary nitrogens is 2. The van der Waals surface area contributed by atoms with Crippen LogP contribution in [-0.2, 0) is 16.1 Å². The third kappa shape index (κ3) is 3.22. The van der Waals surface area contributed by atoms with Gasteiger partial charge in [-0.15, -0.1) is 0 Å². The molecule has 3 atom stereocenters. The standard InChI is InChI=1S/C21H30N2O2/c1-2-25-20(24)18-15-21(23-12-6-9-19(18)23)10-13-22(14-11-21)16-17-7-4-3-5-8-17/h3-5,7-8,18-19H,2,6,9-16H2,1H3/p+2/t18-,19+/m1/s1. The summed E-state index contributed by atoms with van der Waals surface area (Å²) in [7, 11) is 0. The average Bonchev–Trinajstić information content (AvgIpc) is 3.22. The SMILES string of the molecule is CCOC(=O)[C@@H]1CC2(CC[NH+](Cc3ccccc3)CC2)[NH+]2CCC[C@@H]12. The van der Waals surface area contributed by atoms with Crippen molar-refractivity contribution >= 4 is 5.97 Å². The molecule has 3 fully saturated rings. The van der Waals surface area contributed by atoms with E-state index in [2.05, 4.69) is 30.3 Å². The predicted octanol–water partition coefficient (Wildman–Crippen LogP) is 0.234. The van der Waals surface area contributed by atoms with Gasteiger partial charge in [-0.3, -0.25) is 4.79 Å². The van der Waals surface area contributed by atoms with Crippen molar-refractivity contribution in [1.82, 2.24) is 0 Å². The van der Waals surface area contributed by atoms with E-state index in [1.54, 1.807) is 9.80 Å². The summed E-state index contributed by atoms with van der Waals surface area (Å²) in [5.41, 5.74) is 1.79. The Morgan fingerprint density at radius 2 is 1.96 bits per heavy atom. The highest BCUT2D eigenvalue weighted by atomic mass is 16.5. The minimum Gasteiger partial charge on any atom is -0.466 e. The maximum atomic E-state index is 12.5. The van der Waals surface area contributed by atoms with E-state index in [1.807, 2.05) is 6.92 Å². The summed E-state index contributed by atoms with van der Waals surface area (Å²) in [5.74, 6) is 0.218. The fraction of sp³-hybridized carbons (Fsp3) is 0.667. The zero-order valence-corrected chi connectivity index (χ0v) is 15.4. The molecule has 1 aromatic carbocycles. The molecule has 3 heterocycles. The first kappa shape index (κ1) is 17.0. The molecule has 0 aromatic heterocycles. The van der Waals surface area contributed by atoms with Gasteiger partial charge < -0.3 is 14.5 Å². The molecule has 3 aliphatic rings. The van der Waals surface area contributed by atoms with E-state index >= 15 is 0 Å². The van der Waals surface area contributed by atoms with Crippen LogP contribution in [0.5, 0.6) is 0 Å². The highest BCUT2D eigenvalue weighted by molar-refractivity contribution is 5.73. The summed E-state index contributed by atoms with van der Waals surface area (Å²) in [5, 5.41) is 0. The summed E-state index contributed by atoms with van der Waals surface area (Å²) in [6.07, 6.45) is 6.07. The Kier molecular flexibility index (Phi) is 4.83. The van der Waals surface area contributed by atoms with Crippen molar-refractivity contribution in [2.75, 3.05) is 26.2 Å². The number of fused-ring (bicyclic) bond motifs is 2. The molecule has 0 radical (unpaired) electrons. The lowest BCUT2D eigenvalue weighted by Crippen LogP contribution is -3.23. The number of hydrogen-bond donors (Lipinski definition) is 2. The molecule has 0 aliphatic carbocycles. The first-order valence-corrected chi connectivity index (χ1v) is 10.1. The second-order valence-corrected chi connectivity index (χ2v) is 8.28. The van der Waals surface area contributed by atoms with Gasteiger partial charge in [0, 0.05) is 24.8 Å². The van der Waals surface area contributed by atoms with Crippen LogP contribution in [0.15, 0.2) is 30.3 Å². The van der Waals surface area contributed by atoms with E-state index in [9.17, 15) is 4.79 Å². The number of likely N-dealkylation sites (tertiary alicyclic amines) is 1. The molecular formula is C21H32N2O2+2. The lowest BCUT2D eigenvalue weighted by molar-refractivity contribution is -0.981. The maximum Gasteiger partial charge on any atom is 0.315 e. The first-order valence-electron chi connectivity index (χ1n) is 10.1. The quantitative estimate of drug-likeness (QED) is 0.768. The molecular weight excluding hydrogens is 312 g/mol. The molecule has 25 heavy (non-hydrogen) atoms. The normalized spacial score (nSPS) is 37.2. The van der Waals surface area contributed by atoms with Gasteiger partial charge in [0.25, 0.3) is 0 Å². The van der Waals surface area contributed by atoms with Gasteiger partial charge in [-0.2, -0.15) is 0 Å². The van der Waals surface area contributed by atoms with Crippen molar-refractivity contribution in [2.45, 2.75) is 57.2 Å². The molecule has 3 aliphatic heterocycles. The Bertz CT molecular complexity index is 595. The summed E-state index contributed by atoms with van der Waals surface area (Å²) in [4.78, 5) is 15.9. The van der Waals surface area contributed by atoms with Gasteiger partial charge >= 0.3 is 5.97 Å². The Balaban J connectivity index is 1.42. The molecule has 3 saturated heterocycles. The average molecular weight is 344 g/mol. The number of nitrogens with one attached hydrogen (secondary N) is 2. The largest absolute Gasteiger partial charge is 0.466 e. The van der Waals surface area contributed by atoms with E-state index in [1.165, 1.54) is 50.9 Å². The number of esters is 1. The minimum absolute atomic E-state index is 0.0721. The molecule has 1 spiro atoms. The van der Waals surface area contributed by atoms with E-state index in [4.69, 9.17) is 4.74 Å². The van der Waals surface area contributed by atoms with Crippen LogP contribution in [0.1, 0.15) is 44.6 Å². The van der Waals surface area contributed by atoms with Crippen LogP contribution in [0.2, 0.25) is 0 Å². The molecule has 1 aromatic rings. The summed E-state index contributed by atoms with van der Waals surface area (Å²) in [6.45, 7) is 7.31. The Morgan fingerprint density at radius 3 is 2.68 bits per heavy atom. The van der Waals surface area contributed by atoms with Crippen molar-refractivity contribution in [3.63, 3.8) is 0 Å². The van der Waals surface area contributed by atoms with Crippen molar-refractivity contribution in [3.8, 4) is 0 Å². The van der Waals surface area contributed by atoms with Crippen LogP contribution < -0.4 is 9.80 Å². The van der Waals surface area contributed by atoms with Gasteiger partial charge in [-0.1, -0.05) is 30.3 Å². The highest BCUT2D eigenvalue weighted by Crippen LogP contribution is 2.35. The van der Waals surface area contributed by atoms with Crippen molar-refractivity contribution in [3.05, 3.63) is 35.9 Å². The van der Waals surface area contributed by atoms with E-state index < -0.39 is 0 Å². The topological polar surface area (TPSA) is 35.2 Å². The van der Waals surface area contributed by atoms with Crippen molar-refractivity contribution in [1.29, 1.82) is 0 Å². The van der Waals surface area contributed by atoms with Gasteiger partial charge in [-0.05, 0) is 6.92 Å². The molecule has 4 nitrogen and oxygen atoms in total. The minimum atomic E-state index is 0.0721. The zero-order chi connectivity index (χ0) is 17.3. The van der Waals surface area contributed by atoms with Gasteiger partial charge in [0.1, 0.15) is 24.0 Å². The molecule has 0 bridgehead atoms. The van der Waals surface area contributed by atoms with Crippen LogP contribution in [0.3, 0.4) is 0 Å². The lowest BCUT2D eigenvalue weighted by Gasteiger charge is -2.40. The monoisotopic (exact) mass is 344 g/mol. The van der Waals surface area contributed by atoms with Gasteiger partial charge in [0.2, 0.25) is 0 Å². The molecule has 2 N–H and O–H groups in total. The van der Waals surface area contributed by atoms with Gasteiger partial charge in [-0.25, -0.2) is 0 Å². The number of hydrogen-bond acceptors (Lipinski definition) is 2. The van der Waals surface area contributed by atoms with Crippen LogP contribution in [0.4, 0.5) is 0 Å². The van der Waals surface area contributed by atoms with E-state index in [0.29, 0.717) is 18.2 Å². The number of carbonyl (C=O) groups is 1. The highest BCUT2D eigenvalue weighted by Gasteiger charge is 2.61. The smallest absolute Gasteiger partial charge is 0.315 e. The van der Waals surface area contributed by atoms with Crippen LogP contribution in [0.25, 0.3) is 0 Å². The van der Waals surface area contributed by atoms with Crippen LogP contribution in [-0.4, -0.2) is 43.8 Å². The number of ether oxygens (including phenoxy) is 1. The van der Waals surface area contributed by atoms with Crippen molar-refractivity contribution in [2.24, 2.45) is 5.92 Å². The lowest BCUT2D eigenvalue weighted by atomic mass is 9.81. The molecule has 0 amide bonds. The predicted molar refractivity (Wildman–Crippen MR) is 96.4 cm³/mol. The van der Waals surface area contributed by atoms with Gasteiger partial charge in [0.15, 0.2) is 0 Å². The molecule has 0 saturated carbocycles. The van der Waals surface area contributed by atoms with Crippen LogP contribution >= 0.6 is 0 Å². The first-order chi connectivity index (χ1) is 12.2. The molecule has 4 rings (SSSR count).